The van der Waals surface area contributed by atoms with Gasteiger partial charge in [-0.25, -0.2) is 4.98 Å². The third-order valence-corrected chi connectivity index (χ3v) is 4.90. The first-order valence-corrected chi connectivity index (χ1v) is 9.10. The maximum absolute atomic E-state index is 12.6. The molecule has 0 spiro atoms. The number of benzene rings is 1. The van der Waals surface area contributed by atoms with Crippen LogP contribution in [-0.4, -0.2) is 27.6 Å². The molecule has 0 bridgehead atoms. The quantitative estimate of drug-likeness (QED) is 0.521. The molecule has 27 heavy (non-hydrogen) atoms. The molecule has 138 valence electrons. The lowest BCUT2D eigenvalue weighted by Crippen LogP contribution is -2.29. The van der Waals surface area contributed by atoms with Crippen LogP contribution in [0.2, 0.25) is 0 Å². The van der Waals surface area contributed by atoms with E-state index in [1.54, 1.807) is 50.8 Å². The van der Waals surface area contributed by atoms with Crippen molar-refractivity contribution in [3.8, 4) is 5.75 Å². The smallest absolute Gasteiger partial charge is 0.266 e. The first-order valence-electron chi connectivity index (χ1n) is 8.11. The number of rotatable bonds is 6. The number of hydrogen-bond donors (Lipinski definition) is 1. The number of carbonyl (C=O) groups is 1. The Bertz CT molecular complexity index is 1010. The number of ether oxygens (including phenoxy) is 1. The third-order valence-electron chi connectivity index (χ3n) is 3.79. The van der Waals surface area contributed by atoms with Gasteiger partial charge in [-0.15, -0.1) is 0 Å². The van der Waals surface area contributed by atoms with E-state index in [0.29, 0.717) is 22.3 Å². The molecule has 1 amide bonds. The lowest BCUT2D eigenvalue weighted by molar-refractivity contribution is 0.102. The molecule has 0 saturated carbocycles. The summed E-state index contributed by atoms with van der Waals surface area (Å²) in [4.78, 5) is 33.4. The van der Waals surface area contributed by atoms with Crippen molar-refractivity contribution in [2.24, 2.45) is 7.05 Å². The van der Waals surface area contributed by atoms with Gasteiger partial charge in [-0.3, -0.25) is 19.1 Å². The Hall–Kier alpha value is -3.13. The molecule has 0 unspecified atom stereocenters. The van der Waals surface area contributed by atoms with E-state index in [4.69, 9.17) is 4.74 Å². The molecule has 0 aliphatic carbocycles. The van der Waals surface area contributed by atoms with Gasteiger partial charge in [0.1, 0.15) is 11.3 Å². The molecule has 8 heteroatoms. The van der Waals surface area contributed by atoms with E-state index in [2.05, 4.69) is 15.3 Å². The van der Waals surface area contributed by atoms with E-state index in [1.807, 2.05) is 12.1 Å². The van der Waals surface area contributed by atoms with E-state index >= 15 is 0 Å². The number of aromatic nitrogens is 3. The molecular formula is C19H18N4O3S. The van der Waals surface area contributed by atoms with E-state index in [1.165, 1.54) is 22.5 Å². The molecule has 0 atom stereocenters. The zero-order valence-corrected chi connectivity index (χ0v) is 15.7. The Kier molecular flexibility index (Phi) is 5.87. The van der Waals surface area contributed by atoms with Gasteiger partial charge >= 0.3 is 0 Å². The van der Waals surface area contributed by atoms with Crippen molar-refractivity contribution >= 4 is 23.4 Å². The zero-order chi connectivity index (χ0) is 19.2. The second-order valence-electron chi connectivity index (χ2n) is 5.65. The maximum Gasteiger partial charge on any atom is 0.266 e. The highest BCUT2D eigenvalue weighted by Crippen LogP contribution is 2.20. The van der Waals surface area contributed by atoms with Crippen molar-refractivity contribution in [3.05, 3.63) is 76.5 Å². The fourth-order valence-corrected chi connectivity index (χ4v) is 3.22. The summed E-state index contributed by atoms with van der Waals surface area (Å²) >= 11 is 1.41. The standard InChI is InChI=1S/C19H18N4O3S/c1-23-18(25)16(17(24)22-14-6-3-7-15(9-14)26-2)11-21-19(23)27-12-13-5-4-8-20-10-13/h3-11H,12H2,1-2H3,(H,22,24). The van der Waals surface area contributed by atoms with Crippen LogP contribution in [0.1, 0.15) is 15.9 Å². The van der Waals surface area contributed by atoms with Crippen LogP contribution < -0.4 is 15.6 Å². The molecule has 3 aromatic rings. The monoisotopic (exact) mass is 382 g/mol. The number of carbonyl (C=O) groups excluding carboxylic acids is 1. The fourth-order valence-electron chi connectivity index (χ4n) is 2.35. The van der Waals surface area contributed by atoms with Gasteiger partial charge in [-0.2, -0.15) is 0 Å². The molecule has 0 aliphatic heterocycles. The highest BCUT2D eigenvalue weighted by Gasteiger charge is 2.15. The summed E-state index contributed by atoms with van der Waals surface area (Å²) in [6.07, 6.45) is 4.78. The molecule has 1 aromatic carbocycles. The average Bonchev–Trinajstić information content (AvgIpc) is 2.70. The van der Waals surface area contributed by atoms with Crippen molar-refractivity contribution in [2.45, 2.75) is 10.9 Å². The van der Waals surface area contributed by atoms with Crippen LogP contribution in [0.5, 0.6) is 5.75 Å². The molecule has 3 rings (SSSR count). The molecule has 0 saturated heterocycles. The van der Waals surface area contributed by atoms with Crippen molar-refractivity contribution in [1.29, 1.82) is 0 Å². The number of hydrogen-bond acceptors (Lipinski definition) is 6. The highest BCUT2D eigenvalue weighted by molar-refractivity contribution is 7.98. The van der Waals surface area contributed by atoms with Gasteiger partial charge in [0.2, 0.25) is 0 Å². The van der Waals surface area contributed by atoms with Crippen LogP contribution in [0, 0.1) is 0 Å². The summed E-state index contributed by atoms with van der Waals surface area (Å²) in [6.45, 7) is 0. The van der Waals surface area contributed by atoms with Gasteiger partial charge in [0.15, 0.2) is 5.16 Å². The third kappa shape index (κ3) is 4.53. The van der Waals surface area contributed by atoms with Crippen LogP contribution in [0.25, 0.3) is 0 Å². The average molecular weight is 382 g/mol. The maximum atomic E-state index is 12.6. The van der Waals surface area contributed by atoms with E-state index in [-0.39, 0.29) is 5.56 Å². The van der Waals surface area contributed by atoms with Crippen LogP contribution >= 0.6 is 11.8 Å². The van der Waals surface area contributed by atoms with Gasteiger partial charge in [-0.05, 0) is 23.8 Å². The predicted molar refractivity (Wildman–Crippen MR) is 104 cm³/mol. The second-order valence-corrected chi connectivity index (χ2v) is 6.60. The highest BCUT2D eigenvalue weighted by atomic mass is 32.2. The van der Waals surface area contributed by atoms with E-state index in [9.17, 15) is 9.59 Å². The first-order chi connectivity index (χ1) is 13.1. The second kappa shape index (κ2) is 8.50. The molecule has 7 nitrogen and oxygen atoms in total. The van der Waals surface area contributed by atoms with Gasteiger partial charge in [0.25, 0.3) is 11.5 Å². The first kappa shape index (κ1) is 18.7. The largest absolute Gasteiger partial charge is 0.497 e. The molecule has 2 heterocycles. The number of anilines is 1. The topological polar surface area (TPSA) is 86.1 Å². The number of methoxy groups -OCH3 is 1. The fraction of sp³-hybridized carbons (Fsp3) is 0.158. The Morgan fingerprint density at radius 3 is 2.85 bits per heavy atom. The van der Waals surface area contributed by atoms with Crippen molar-refractivity contribution in [3.63, 3.8) is 0 Å². The Labute approximate surface area is 160 Å². The molecule has 1 N–H and O–H groups in total. The van der Waals surface area contributed by atoms with Crippen molar-refractivity contribution < 1.29 is 9.53 Å². The minimum absolute atomic E-state index is 0.0222. The summed E-state index contributed by atoms with van der Waals surface area (Å²) in [6, 6.07) is 10.7. The summed E-state index contributed by atoms with van der Waals surface area (Å²) in [5.41, 5.74) is 1.14. The summed E-state index contributed by atoms with van der Waals surface area (Å²) in [5, 5.41) is 3.22. The van der Waals surface area contributed by atoms with Gasteiger partial charge in [0.05, 0.1) is 7.11 Å². The lowest BCUT2D eigenvalue weighted by Gasteiger charge is -2.10. The van der Waals surface area contributed by atoms with Crippen LogP contribution in [0.4, 0.5) is 5.69 Å². The Morgan fingerprint density at radius 1 is 1.26 bits per heavy atom. The number of thioether (sulfide) groups is 1. The van der Waals surface area contributed by atoms with Crippen molar-refractivity contribution in [2.75, 3.05) is 12.4 Å². The lowest BCUT2D eigenvalue weighted by atomic mass is 10.2. The Balaban J connectivity index is 1.75. The summed E-state index contributed by atoms with van der Waals surface area (Å²) in [7, 11) is 3.14. The van der Waals surface area contributed by atoms with Gasteiger partial charge in [-0.1, -0.05) is 23.9 Å². The van der Waals surface area contributed by atoms with E-state index < -0.39 is 11.5 Å². The van der Waals surface area contributed by atoms with Crippen LogP contribution in [0.15, 0.2) is 64.9 Å². The predicted octanol–water partition coefficient (Wildman–Crippen LogP) is 2.73. The number of pyridine rings is 1. The van der Waals surface area contributed by atoms with Gasteiger partial charge < -0.3 is 10.1 Å². The van der Waals surface area contributed by atoms with Crippen LogP contribution in [-0.2, 0) is 12.8 Å². The number of amides is 1. The molecule has 0 fully saturated rings. The summed E-state index contributed by atoms with van der Waals surface area (Å²) in [5.74, 6) is 0.727. The van der Waals surface area contributed by atoms with Gasteiger partial charge in [0, 0.05) is 43.1 Å². The minimum Gasteiger partial charge on any atom is -0.497 e. The molecule has 0 aliphatic rings. The number of nitrogens with one attached hydrogen (secondary N) is 1. The summed E-state index contributed by atoms with van der Waals surface area (Å²) < 4.78 is 6.50. The van der Waals surface area contributed by atoms with Crippen LogP contribution in [0.3, 0.4) is 0 Å². The SMILES string of the molecule is COc1cccc(NC(=O)c2cnc(SCc3cccnc3)n(C)c2=O)c1. The number of nitrogens with zero attached hydrogens (tertiary/aromatic N) is 3. The molecule has 2 aromatic heterocycles. The molecular weight excluding hydrogens is 364 g/mol. The molecule has 0 radical (unpaired) electrons. The van der Waals surface area contributed by atoms with Crippen molar-refractivity contribution in [1.82, 2.24) is 14.5 Å². The zero-order valence-electron chi connectivity index (χ0n) is 14.9. The normalized spacial score (nSPS) is 10.4. The minimum atomic E-state index is -0.514. The van der Waals surface area contributed by atoms with E-state index in [0.717, 1.165) is 5.56 Å². The Morgan fingerprint density at radius 2 is 2.11 bits per heavy atom.